The summed E-state index contributed by atoms with van der Waals surface area (Å²) in [5, 5.41) is 0. The quantitative estimate of drug-likeness (QED) is 0.288. The number of amides is 1. The van der Waals surface area contributed by atoms with E-state index in [1.165, 1.54) is 29.8 Å². The molecule has 0 bridgehead atoms. The molecule has 0 unspecified atom stereocenters. The zero-order chi connectivity index (χ0) is 23.9. The number of fused-ring (bicyclic) bond motifs is 1. The standard InChI is InChI=1S/C28H30FN3O2/c1-3-4-17-32(28(33)22-10-12-24(29)13-11-22)26-15-14-25-27(30-26)23(20-34-25)16-18-31(2)19-21-8-6-5-7-9-21/h5-15,20H,3-4,16-19H2,1-2H3. The number of benzene rings is 2. The lowest BCUT2D eigenvalue weighted by molar-refractivity contribution is 0.0986. The van der Waals surface area contributed by atoms with E-state index >= 15 is 0 Å². The molecule has 0 saturated carbocycles. The van der Waals surface area contributed by atoms with Crippen LogP contribution in [0.15, 0.2) is 77.4 Å². The van der Waals surface area contributed by atoms with Crippen LogP contribution in [0.5, 0.6) is 0 Å². The maximum absolute atomic E-state index is 13.4. The van der Waals surface area contributed by atoms with Gasteiger partial charge in [-0.25, -0.2) is 9.37 Å². The highest BCUT2D eigenvalue weighted by Crippen LogP contribution is 2.25. The molecule has 6 heteroatoms. The van der Waals surface area contributed by atoms with E-state index in [9.17, 15) is 9.18 Å². The van der Waals surface area contributed by atoms with E-state index in [-0.39, 0.29) is 11.7 Å². The van der Waals surface area contributed by atoms with E-state index < -0.39 is 0 Å². The third kappa shape index (κ3) is 5.69. The van der Waals surface area contributed by atoms with Crippen LogP contribution in [0.2, 0.25) is 0 Å². The first kappa shape index (κ1) is 23.6. The number of pyridine rings is 1. The molecule has 4 rings (SSSR count). The van der Waals surface area contributed by atoms with Crippen LogP contribution >= 0.6 is 0 Å². The van der Waals surface area contributed by atoms with Crippen molar-refractivity contribution >= 4 is 22.8 Å². The SMILES string of the molecule is CCCCN(C(=O)c1ccc(F)cc1)c1ccc2occ(CCN(C)Cc3ccccc3)c2n1. The second-order valence-corrected chi connectivity index (χ2v) is 8.57. The molecule has 2 heterocycles. The Balaban J connectivity index is 1.54. The number of rotatable bonds is 10. The summed E-state index contributed by atoms with van der Waals surface area (Å²) in [6, 6.07) is 19.7. The Morgan fingerprint density at radius 1 is 1.00 bits per heavy atom. The number of furan rings is 1. The van der Waals surface area contributed by atoms with Crippen molar-refractivity contribution < 1.29 is 13.6 Å². The van der Waals surface area contributed by atoms with Crippen molar-refractivity contribution in [2.24, 2.45) is 0 Å². The number of nitrogens with zero attached hydrogens (tertiary/aromatic N) is 3. The van der Waals surface area contributed by atoms with Crippen molar-refractivity contribution in [1.29, 1.82) is 0 Å². The van der Waals surface area contributed by atoms with Crippen molar-refractivity contribution in [2.45, 2.75) is 32.7 Å². The van der Waals surface area contributed by atoms with Crippen molar-refractivity contribution in [1.82, 2.24) is 9.88 Å². The first-order valence-electron chi connectivity index (χ1n) is 11.7. The maximum Gasteiger partial charge on any atom is 0.259 e. The fourth-order valence-electron chi connectivity index (χ4n) is 3.95. The summed E-state index contributed by atoms with van der Waals surface area (Å²) in [5.74, 6) is 0.0278. The molecule has 0 N–H and O–H groups in total. The number of aromatic nitrogens is 1. The molecule has 5 nitrogen and oxygen atoms in total. The third-order valence-electron chi connectivity index (χ3n) is 5.88. The number of hydrogen-bond donors (Lipinski definition) is 0. The third-order valence-corrected chi connectivity index (χ3v) is 5.88. The number of hydrogen-bond acceptors (Lipinski definition) is 4. The lowest BCUT2D eigenvalue weighted by atomic mass is 10.1. The lowest BCUT2D eigenvalue weighted by Crippen LogP contribution is -2.32. The monoisotopic (exact) mass is 459 g/mol. The second kappa shape index (κ2) is 11.1. The normalized spacial score (nSPS) is 11.3. The van der Waals surface area contributed by atoms with Crippen LogP contribution in [-0.4, -0.2) is 35.9 Å². The Labute approximate surface area is 199 Å². The van der Waals surface area contributed by atoms with Crippen LogP contribution < -0.4 is 4.90 Å². The van der Waals surface area contributed by atoms with Crippen LogP contribution in [0.25, 0.3) is 11.1 Å². The molecular formula is C28H30FN3O2. The van der Waals surface area contributed by atoms with Gasteiger partial charge in [-0.1, -0.05) is 43.7 Å². The minimum atomic E-state index is -0.364. The van der Waals surface area contributed by atoms with Gasteiger partial charge >= 0.3 is 0 Å². The smallest absolute Gasteiger partial charge is 0.259 e. The van der Waals surface area contributed by atoms with E-state index in [1.54, 1.807) is 11.2 Å². The predicted octanol–water partition coefficient (Wildman–Crippen LogP) is 6.09. The summed E-state index contributed by atoms with van der Waals surface area (Å²) in [6.07, 6.45) is 4.33. The molecule has 0 aliphatic carbocycles. The number of anilines is 1. The topological polar surface area (TPSA) is 49.6 Å². The molecule has 0 aliphatic rings. The minimum Gasteiger partial charge on any atom is -0.462 e. The van der Waals surface area contributed by atoms with Gasteiger partial charge in [0.05, 0.1) is 6.26 Å². The van der Waals surface area contributed by atoms with Crippen molar-refractivity contribution in [3.05, 3.63) is 95.5 Å². The Hall–Kier alpha value is -3.51. The summed E-state index contributed by atoms with van der Waals surface area (Å²) >= 11 is 0. The molecule has 0 fully saturated rings. The first-order chi connectivity index (χ1) is 16.5. The van der Waals surface area contributed by atoms with Crippen LogP contribution in [0.4, 0.5) is 10.2 Å². The van der Waals surface area contributed by atoms with Gasteiger partial charge in [0.25, 0.3) is 5.91 Å². The fraction of sp³-hybridized carbons (Fsp3) is 0.286. The zero-order valence-corrected chi connectivity index (χ0v) is 19.7. The molecule has 0 saturated heterocycles. The summed E-state index contributed by atoms with van der Waals surface area (Å²) in [5.41, 5.74) is 4.21. The van der Waals surface area contributed by atoms with Crippen LogP contribution in [0, 0.1) is 5.82 Å². The molecule has 2 aromatic heterocycles. The Kier molecular flexibility index (Phi) is 7.70. The summed E-state index contributed by atoms with van der Waals surface area (Å²) < 4.78 is 19.1. The molecule has 1 amide bonds. The summed E-state index contributed by atoms with van der Waals surface area (Å²) in [6.45, 7) is 4.34. The molecule has 4 aromatic rings. The van der Waals surface area contributed by atoms with E-state index in [0.717, 1.165) is 43.4 Å². The number of carbonyl (C=O) groups excluding carboxylic acids is 1. The van der Waals surface area contributed by atoms with E-state index in [2.05, 4.69) is 43.1 Å². The van der Waals surface area contributed by atoms with Gasteiger partial charge in [-0.15, -0.1) is 0 Å². The van der Waals surface area contributed by atoms with Gasteiger partial charge in [0.15, 0.2) is 5.58 Å². The Morgan fingerprint density at radius 3 is 2.50 bits per heavy atom. The van der Waals surface area contributed by atoms with Gasteiger partial charge in [-0.3, -0.25) is 9.69 Å². The molecule has 176 valence electrons. The second-order valence-electron chi connectivity index (χ2n) is 8.57. The number of unbranched alkanes of at least 4 members (excludes halogenated alkanes) is 1. The molecule has 2 aromatic carbocycles. The van der Waals surface area contributed by atoms with E-state index in [0.29, 0.717) is 23.5 Å². The largest absolute Gasteiger partial charge is 0.462 e. The lowest BCUT2D eigenvalue weighted by Gasteiger charge is -2.22. The number of carbonyl (C=O) groups is 1. The Bertz CT molecular complexity index is 1220. The molecule has 0 radical (unpaired) electrons. The molecule has 0 aliphatic heterocycles. The Morgan fingerprint density at radius 2 is 1.76 bits per heavy atom. The van der Waals surface area contributed by atoms with Crippen molar-refractivity contribution in [2.75, 3.05) is 25.0 Å². The molecule has 0 atom stereocenters. The number of halogens is 1. The number of likely N-dealkylation sites (N-methyl/N-ethyl adjacent to an activating group) is 1. The van der Waals surface area contributed by atoms with Gasteiger partial charge in [0.1, 0.15) is 17.2 Å². The minimum absolute atomic E-state index is 0.187. The van der Waals surface area contributed by atoms with Crippen LogP contribution in [0.3, 0.4) is 0 Å². The zero-order valence-electron chi connectivity index (χ0n) is 19.7. The van der Waals surface area contributed by atoms with E-state index in [4.69, 9.17) is 9.40 Å². The first-order valence-corrected chi connectivity index (χ1v) is 11.7. The van der Waals surface area contributed by atoms with Gasteiger partial charge in [-0.2, -0.15) is 0 Å². The predicted molar refractivity (Wildman–Crippen MR) is 133 cm³/mol. The summed E-state index contributed by atoms with van der Waals surface area (Å²) in [4.78, 5) is 22.0. The van der Waals surface area contributed by atoms with Gasteiger partial charge in [-0.05, 0) is 61.9 Å². The highest BCUT2D eigenvalue weighted by atomic mass is 19.1. The fourth-order valence-corrected chi connectivity index (χ4v) is 3.95. The average molecular weight is 460 g/mol. The van der Waals surface area contributed by atoms with Crippen molar-refractivity contribution in [3.63, 3.8) is 0 Å². The van der Waals surface area contributed by atoms with Gasteiger partial charge in [0, 0.05) is 30.8 Å². The van der Waals surface area contributed by atoms with Gasteiger partial charge in [0.2, 0.25) is 0 Å². The molecule has 0 spiro atoms. The van der Waals surface area contributed by atoms with Crippen LogP contribution in [-0.2, 0) is 13.0 Å². The molecular weight excluding hydrogens is 429 g/mol. The highest BCUT2D eigenvalue weighted by Gasteiger charge is 2.20. The average Bonchev–Trinajstić information content (AvgIpc) is 3.26. The van der Waals surface area contributed by atoms with Crippen LogP contribution in [0.1, 0.15) is 41.3 Å². The highest BCUT2D eigenvalue weighted by molar-refractivity contribution is 6.06. The van der Waals surface area contributed by atoms with Crippen molar-refractivity contribution in [3.8, 4) is 0 Å². The summed E-state index contributed by atoms with van der Waals surface area (Å²) in [7, 11) is 2.10. The van der Waals surface area contributed by atoms with Gasteiger partial charge < -0.3 is 9.32 Å². The maximum atomic E-state index is 13.4. The van der Waals surface area contributed by atoms with E-state index in [1.807, 2.05) is 18.2 Å². The molecule has 34 heavy (non-hydrogen) atoms.